The molecule has 0 aliphatic heterocycles. The second-order valence-corrected chi connectivity index (χ2v) is 9.71. The lowest BCUT2D eigenvalue weighted by molar-refractivity contribution is -0.114. The van der Waals surface area contributed by atoms with Crippen molar-refractivity contribution in [2.45, 2.75) is 19.9 Å². The maximum absolute atomic E-state index is 12.9. The molecule has 3 aromatic rings. The molecule has 8 heteroatoms. The van der Waals surface area contributed by atoms with Crippen LogP contribution in [0.4, 0.5) is 11.4 Å². The quantitative estimate of drug-likeness (QED) is 0.528. The van der Waals surface area contributed by atoms with E-state index in [1.54, 1.807) is 48.5 Å². The lowest BCUT2D eigenvalue weighted by atomic mass is 10.1. The van der Waals surface area contributed by atoms with E-state index in [4.69, 9.17) is 0 Å². The Morgan fingerprint density at radius 3 is 2.15 bits per heavy atom. The summed E-state index contributed by atoms with van der Waals surface area (Å²) in [5.74, 6) is -0.905. The van der Waals surface area contributed by atoms with Crippen molar-refractivity contribution in [2.75, 3.05) is 22.4 Å². The molecule has 3 rings (SSSR count). The van der Waals surface area contributed by atoms with Gasteiger partial charge in [0.15, 0.2) is 0 Å². The molecule has 0 heterocycles. The van der Waals surface area contributed by atoms with Gasteiger partial charge in [-0.1, -0.05) is 60.2 Å². The fourth-order valence-corrected chi connectivity index (χ4v) is 4.18. The van der Waals surface area contributed by atoms with Crippen molar-refractivity contribution in [3.05, 3.63) is 95.6 Å². The van der Waals surface area contributed by atoms with Crippen LogP contribution in [0.15, 0.2) is 78.9 Å². The van der Waals surface area contributed by atoms with Crippen LogP contribution < -0.4 is 14.9 Å². The number of benzene rings is 3. The van der Waals surface area contributed by atoms with Crippen LogP contribution in [0.3, 0.4) is 0 Å². The van der Waals surface area contributed by atoms with Gasteiger partial charge in [0, 0.05) is 0 Å². The Bertz CT molecular complexity index is 1230. The van der Waals surface area contributed by atoms with Crippen LogP contribution in [0.25, 0.3) is 0 Å². The number of rotatable bonds is 8. The summed E-state index contributed by atoms with van der Waals surface area (Å²) in [5.41, 5.74) is 2.91. The molecule has 0 spiro atoms. The Kier molecular flexibility index (Phi) is 7.50. The number of carbonyl (C=O) groups is 2. The van der Waals surface area contributed by atoms with Crippen molar-refractivity contribution in [1.29, 1.82) is 0 Å². The molecule has 7 nitrogen and oxygen atoms in total. The average molecular weight is 466 g/mol. The normalized spacial score (nSPS) is 12.0. The second-order valence-electron chi connectivity index (χ2n) is 7.80. The monoisotopic (exact) mass is 465 g/mol. The van der Waals surface area contributed by atoms with Gasteiger partial charge >= 0.3 is 0 Å². The number of sulfonamides is 1. The Morgan fingerprint density at radius 2 is 1.52 bits per heavy atom. The van der Waals surface area contributed by atoms with Crippen LogP contribution in [0.2, 0.25) is 0 Å². The number of anilines is 2. The SMILES string of the molecule is Cc1ccc(N(CC(=O)Nc2ccccc2C(=O)NC(C)c2ccccc2)S(C)(=O)=O)cc1. The smallest absolute Gasteiger partial charge is 0.253 e. The molecule has 0 aromatic heterocycles. The summed E-state index contributed by atoms with van der Waals surface area (Å²) in [4.78, 5) is 25.7. The number of hydrogen-bond acceptors (Lipinski definition) is 4. The van der Waals surface area contributed by atoms with Crippen LogP contribution in [0.5, 0.6) is 0 Å². The van der Waals surface area contributed by atoms with E-state index in [2.05, 4.69) is 10.6 Å². The third kappa shape index (κ3) is 6.43. The molecule has 2 amide bonds. The molecule has 0 fully saturated rings. The number of carbonyl (C=O) groups excluding carboxylic acids is 2. The zero-order valence-corrected chi connectivity index (χ0v) is 19.6. The van der Waals surface area contributed by atoms with Crippen LogP contribution in [0, 0.1) is 6.92 Å². The Balaban J connectivity index is 1.76. The van der Waals surface area contributed by atoms with Gasteiger partial charge in [-0.3, -0.25) is 13.9 Å². The Hall–Kier alpha value is -3.65. The fourth-order valence-electron chi connectivity index (χ4n) is 3.32. The van der Waals surface area contributed by atoms with Crippen molar-refractivity contribution in [2.24, 2.45) is 0 Å². The number of para-hydroxylation sites is 1. The highest BCUT2D eigenvalue weighted by molar-refractivity contribution is 7.92. The number of amides is 2. The standard InChI is InChI=1S/C25H27N3O4S/c1-18-13-15-21(16-14-18)28(33(3,31)32)17-24(29)27-23-12-8-7-11-22(23)25(30)26-19(2)20-9-5-4-6-10-20/h4-16,19H,17H2,1-3H3,(H,26,30)(H,27,29). The predicted molar refractivity (Wildman–Crippen MR) is 131 cm³/mol. The van der Waals surface area contributed by atoms with Gasteiger partial charge in [-0.15, -0.1) is 0 Å². The van der Waals surface area contributed by atoms with E-state index in [0.717, 1.165) is 21.7 Å². The first-order valence-corrected chi connectivity index (χ1v) is 12.3. The number of hydrogen-bond donors (Lipinski definition) is 2. The highest BCUT2D eigenvalue weighted by atomic mass is 32.2. The first-order chi connectivity index (χ1) is 15.6. The van der Waals surface area contributed by atoms with Gasteiger partial charge in [-0.25, -0.2) is 8.42 Å². The summed E-state index contributed by atoms with van der Waals surface area (Å²) in [5, 5.41) is 5.61. The molecule has 0 radical (unpaired) electrons. The first-order valence-electron chi connectivity index (χ1n) is 10.4. The molecule has 3 aromatic carbocycles. The fraction of sp³-hybridized carbons (Fsp3) is 0.200. The van der Waals surface area contributed by atoms with E-state index >= 15 is 0 Å². The minimum Gasteiger partial charge on any atom is -0.345 e. The lowest BCUT2D eigenvalue weighted by Crippen LogP contribution is -2.37. The molecular formula is C25H27N3O4S. The van der Waals surface area contributed by atoms with Crippen molar-refractivity contribution in [1.82, 2.24) is 5.32 Å². The molecule has 0 saturated carbocycles. The van der Waals surface area contributed by atoms with Gasteiger partial charge in [0.05, 0.1) is 29.2 Å². The third-order valence-corrected chi connectivity index (χ3v) is 6.24. The minimum absolute atomic E-state index is 0.232. The topological polar surface area (TPSA) is 95.6 Å². The molecule has 172 valence electrons. The van der Waals surface area contributed by atoms with E-state index in [1.165, 1.54) is 0 Å². The number of nitrogens with zero attached hydrogens (tertiary/aromatic N) is 1. The van der Waals surface area contributed by atoms with Gasteiger partial charge in [-0.2, -0.15) is 0 Å². The molecule has 0 aliphatic rings. The zero-order chi connectivity index (χ0) is 24.0. The average Bonchev–Trinajstić information content (AvgIpc) is 2.78. The molecule has 1 atom stereocenters. The molecular weight excluding hydrogens is 438 g/mol. The van der Waals surface area contributed by atoms with Crippen molar-refractivity contribution in [3.8, 4) is 0 Å². The molecule has 0 aliphatic carbocycles. The van der Waals surface area contributed by atoms with Gasteiger partial charge in [-0.05, 0) is 43.7 Å². The molecule has 33 heavy (non-hydrogen) atoms. The van der Waals surface area contributed by atoms with Gasteiger partial charge in [0.2, 0.25) is 15.9 Å². The van der Waals surface area contributed by atoms with E-state index < -0.39 is 22.5 Å². The van der Waals surface area contributed by atoms with Crippen LogP contribution in [-0.4, -0.2) is 33.0 Å². The summed E-state index contributed by atoms with van der Waals surface area (Å²) in [6, 6.07) is 22.8. The van der Waals surface area contributed by atoms with E-state index in [9.17, 15) is 18.0 Å². The lowest BCUT2D eigenvalue weighted by Gasteiger charge is -2.22. The first kappa shape index (κ1) is 24.0. The van der Waals surface area contributed by atoms with Gasteiger partial charge < -0.3 is 10.6 Å². The van der Waals surface area contributed by atoms with Crippen LogP contribution in [0.1, 0.15) is 34.5 Å². The van der Waals surface area contributed by atoms with Crippen LogP contribution in [-0.2, 0) is 14.8 Å². The van der Waals surface area contributed by atoms with E-state index in [1.807, 2.05) is 44.2 Å². The van der Waals surface area contributed by atoms with Crippen LogP contribution >= 0.6 is 0 Å². The van der Waals surface area contributed by atoms with Gasteiger partial charge in [0.25, 0.3) is 5.91 Å². The highest BCUT2D eigenvalue weighted by Gasteiger charge is 2.22. The largest absolute Gasteiger partial charge is 0.345 e. The molecule has 0 bridgehead atoms. The second kappa shape index (κ2) is 10.3. The summed E-state index contributed by atoms with van der Waals surface area (Å²) < 4.78 is 25.7. The zero-order valence-electron chi connectivity index (χ0n) is 18.8. The summed E-state index contributed by atoms with van der Waals surface area (Å²) in [7, 11) is -3.70. The number of nitrogens with one attached hydrogen (secondary N) is 2. The Labute approximate surface area is 194 Å². The number of aryl methyl sites for hydroxylation is 1. The summed E-state index contributed by atoms with van der Waals surface area (Å²) >= 11 is 0. The Morgan fingerprint density at radius 1 is 0.909 bits per heavy atom. The van der Waals surface area contributed by atoms with E-state index in [0.29, 0.717) is 11.4 Å². The maximum Gasteiger partial charge on any atom is 0.253 e. The third-order valence-electron chi connectivity index (χ3n) is 5.10. The maximum atomic E-state index is 12.9. The molecule has 2 N–H and O–H groups in total. The molecule has 0 saturated heterocycles. The van der Waals surface area contributed by atoms with Crippen molar-refractivity contribution < 1.29 is 18.0 Å². The predicted octanol–water partition coefficient (Wildman–Crippen LogP) is 3.89. The van der Waals surface area contributed by atoms with Crippen molar-refractivity contribution in [3.63, 3.8) is 0 Å². The summed E-state index contributed by atoms with van der Waals surface area (Å²) in [6.45, 7) is 3.35. The summed E-state index contributed by atoms with van der Waals surface area (Å²) in [6.07, 6.45) is 1.05. The van der Waals surface area contributed by atoms with Crippen molar-refractivity contribution >= 4 is 33.2 Å². The van der Waals surface area contributed by atoms with E-state index in [-0.39, 0.29) is 17.5 Å². The van der Waals surface area contributed by atoms with Gasteiger partial charge in [0.1, 0.15) is 6.54 Å². The molecule has 1 unspecified atom stereocenters. The minimum atomic E-state index is -3.70. The highest BCUT2D eigenvalue weighted by Crippen LogP contribution is 2.20.